The van der Waals surface area contributed by atoms with E-state index in [1.165, 1.54) is 17.9 Å². The normalized spacial score (nSPS) is 27.6. The molecule has 0 atom stereocenters. The summed E-state index contributed by atoms with van der Waals surface area (Å²) in [5.74, 6) is 3.09. The summed E-state index contributed by atoms with van der Waals surface area (Å²) in [6.07, 6.45) is 2.34. The van der Waals surface area contributed by atoms with Gasteiger partial charge >= 0.3 is 0 Å². The second kappa shape index (κ2) is 5.47. The molecule has 4 nitrogen and oxygen atoms in total. The van der Waals surface area contributed by atoms with Crippen molar-refractivity contribution in [1.82, 2.24) is 4.90 Å². The van der Waals surface area contributed by atoms with Gasteiger partial charge in [-0.3, -0.25) is 0 Å². The van der Waals surface area contributed by atoms with E-state index < -0.39 is 9.84 Å². The Bertz CT molecular complexity index is 333. The lowest BCUT2D eigenvalue weighted by molar-refractivity contribution is 0.256. The minimum absolute atomic E-state index is 0.338. The number of nitrogens with two attached hydrogens (primary N) is 1. The summed E-state index contributed by atoms with van der Waals surface area (Å²) in [5, 5.41) is 0. The summed E-state index contributed by atoms with van der Waals surface area (Å²) in [7, 11) is -2.73. The first-order chi connectivity index (χ1) is 8.05. The molecule has 2 rings (SSSR count). The summed E-state index contributed by atoms with van der Waals surface area (Å²) < 4.78 is 22.6. The van der Waals surface area contributed by atoms with E-state index in [9.17, 15) is 8.42 Å². The van der Waals surface area contributed by atoms with Gasteiger partial charge < -0.3 is 10.6 Å². The first-order valence-corrected chi connectivity index (χ1v) is 9.24. The van der Waals surface area contributed by atoms with Gasteiger partial charge in [-0.05, 0) is 25.9 Å². The molecule has 0 aromatic rings. The maximum Gasteiger partial charge on any atom is 0.152 e. The van der Waals surface area contributed by atoms with Gasteiger partial charge in [-0.1, -0.05) is 0 Å². The van der Waals surface area contributed by atoms with Gasteiger partial charge in [-0.15, -0.1) is 0 Å². The molecule has 6 heteroatoms. The van der Waals surface area contributed by atoms with Crippen LogP contribution >= 0.6 is 11.8 Å². The van der Waals surface area contributed by atoms with Gasteiger partial charge in [0.25, 0.3) is 0 Å². The van der Waals surface area contributed by atoms with Gasteiger partial charge in [-0.25, -0.2) is 8.42 Å². The second-order valence-corrected chi connectivity index (χ2v) is 8.58. The molecule has 2 heterocycles. The summed E-state index contributed by atoms with van der Waals surface area (Å²) in [4.78, 5) is 2.27. The molecule has 0 radical (unpaired) electrons. The van der Waals surface area contributed by atoms with Crippen LogP contribution in [0.1, 0.15) is 12.8 Å². The van der Waals surface area contributed by atoms with Gasteiger partial charge in [0.1, 0.15) is 0 Å². The molecule has 2 aliphatic heterocycles. The molecule has 17 heavy (non-hydrogen) atoms. The van der Waals surface area contributed by atoms with Crippen molar-refractivity contribution < 1.29 is 8.42 Å². The third-order valence-corrected chi connectivity index (χ3v) is 7.11. The highest BCUT2D eigenvalue weighted by Crippen LogP contribution is 2.40. The summed E-state index contributed by atoms with van der Waals surface area (Å²) in [6.45, 7) is 3.26. The average molecular weight is 278 g/mol. The molecule has 0 saturated carbocycles. The molecule has 2 aliphatic rings. The van der Waals surface area contributed by atoms with Crippen molar-refractivity contribution >= 4 is 21.6 Å². The number of nitrogens with zero attached hydrogens (tertiary/aromatic N) is 1. The van der Waals surface area contributed by atoms with Crippen LogP contribution in [0.5, 0.6) is 0 Å². The number of hydrogen-bond donors (Lipinski definition) is 1. The van der Waals surface area contributed by atoms with Gasteiger partial charge in [0.2, 0.25) is 0 Å². The lowest BCUT2D eigenvalue weighted by Crippen LogP contribution is -2.44. The van der Waals surface area contributed by atoms with E-state index in [-0.39, 0.29) is 0 Å². The zero-order valence-corrected chi connectivity index (χ0v) is 11.9. The Labute approximate surface area is 108 Å². The van der Waals surface area contributed by atoms with Crippen LogP contribution in [0.15, 0.2) is 0 Å². The topological polar surface area (TPSA) is 63.4 Å². The predicted molar refractivity (Wildman–Crippen MR) is 73.1 cm³/mol. The van der Waals surface area contributed by atoms with Gasteiger partial charge in [0.05, 0.1) is 11.5 Å². The number of rotatable bonds is 5. The molecule has 0 bridgehead atoms. The molecule has 2 N–H and O–H groups in total. The Balaban J connectivity index is 1.66. The summed E-state index contributed by atoms with van der Waals surface area (Å²) in [5.41, 5.74) is 6.21. The number of thioether (sulfide) groups is 1. The molecule has 0 unspecified atom stereocenters. The Morgan fingerprint density at radius 1 is 1.24 bits per heavy atom. The molecule has 0 aliphatic carbocycles. The Kier molecular flexibility index (Phi) is 4.39. The van der Waals surface area contributed by atoms with Crippen LogP contribution in [0.25, 0.3) is 0 Å². The fourth-order valence-corrected chi connectivity index (χ4v) is 4.99. The standard InChI is InChI=1S/C11H22N2O2S2/c12-8-11(9-16-10-11)2-1-3-13-4-6-17(14,15)7-5-13/h1-10,12H2. The van der Waals surface area contributed by atoms with E-state index in [1.807, 2.05) is 11.8 Å². The zero-order chi connectivity index (χ0) is 12.4. The fourth-order valence-electron chi connectivity index (χ4n) is 2.41. The maximum atomic E-state index is 11.3. The minimum atomic E-state index is -2.73. The van der Waals surface area contributed by atoms with Crippen LogP contribution in [-0.4, -0.2) is 62.5 Å². The van der Waals surface area contributed by atoms with E-state index in [2.05, 4.69) is 4.90 Å². The monoisotopic (exact) mass is 278 g/mol. The van der Waals surface area contributed by atoms with Crippen LogP contribution in [0, 0.1) is 5.41 Å². The molecule has 0 aromatic heterocycles. The van der Waals surface area contributed by atoms with Gasteiger partial charge in [-0.2, -0.15) is 11.8 Å². The molecular formula is C11H22N2O2S2. The average Bonchev–Trinajstić information content (AvgIpc) is 2.24. The molecule has 2 saturated heterocycles. The Morgan fingerprint density at radius 2 is 1.88 bits per heavy atom. The van der Waals surface area contributed by atoms with Crippen molar-refractivity contribution in [1.29, 1.82) is 0 Å². The van der Waals surface area contributed by atoms with Crippen molar-refractivity contribution in [3.8, 4) is 0 Å². The van der Waals surface area contributed by atoms with Crippen LogP contribution in [0.2, 0.25) is 0 Å². The van der Waals surface area contributed by atoms with E-state index in [0.717, 1.165) is 19.5 Å². The first kappa shape index (κ1) is 13.6. The van der Waals surface area contributed by atoms with Crippen molar-refractivity contribution in [2.45, 2.75) is 12.8 Å². The largest absolute Gasteiger partial charge is 0.330 e. The van der Waals surface area contributed by atoms with E-state index >= 15 is 0 Å². The van der Waals surface area contributed by atoms with E-state index in [0.29, 0.717) is 30.0 Å². The molecule has 0 aromatic carbocycles. The molecule has 0 spiro atoms. The Morgan fingerprint density at radius 3 is 2.35 bits per heavy atom. The van der Waals surface area contributed by atoms with Gasteiger partial charge in [0, 0.05) is 30.0 Å². The molecule has 2 fully saturated rings. The summed E-state index contributed by atoms with van der Waals surface area (Å²) >= 11 is 1.98. The van der Waals surface area contributed by atoms with Crippen molar-refractivity contribution in [3.63, 3.8) is 0 Å². The number of sulfone groups is 1. The quantitative estimate of drug-likeness (QED) is 0.778. The highest BCUT2D eigenvalue weighted by molar-refractivity contribution is 8.00. The van der Waals surface area contributed by atoms with Crippen molar-refractivity contribution in [2.75, 3.05) is 49.2 Å². The van der Waals surface area contributed by atoms with Crippen LogP contribution in [-0.2, 0) is 9.84 Å². The van der Waals surface area contributed by atoms with Gasteiger partial charge in [0.15, 0.2) is 9.84 Å². The summed E-state index contributed by atoms with van der Waals surface area (Å²) in [6, 6.07) is 0. The predicted octanol–water partition coefficient (Wildman–Crippen LogP) is 0.189. The molecule has 100 valence electrons. The maximum absolute atomic E-state index is 11.3. The lowest BCUT2D eigenvalue weighted by Gasteiger charge is -2.41. The highest BCUT2D eigenvalue weighted by Gasteiger charge is 2.35. The number of hydrogen-bond acceptors (Lipinski definition) is 5. The van der Waals surface area contributed by atoms with Crippen molar-refractivity contribution in [3.05, 3.63) is 0 Å². The van der Waals surface area contributed by atoms with E-state index in [1.54, 1.807) is 0 Å². The Hall–Kier alpha value is 0.220. The smallest absolute Gasteiger partial charge is 0.152 e. The molecular weight excluding hydrogens is 256 g/mol. The molecule has 0 amide bonds. The first-order valence-electron chi connectivity index (χ1n) is 6.26. The third kappa shape index (κ3) is 3.59. The SMILES string of the molecule is NCC1(CCCN2CCS(=O)(=O)CC2)CSC1. The third-order valence-electron chi connectivity index (χ3n) is 3.87. The van der Waals surface area contributed by atoms with Crippen LogP contribution < -0.4 is 5.73 Å². The van der Waals surface area contributed by atoms with Crippen LogP contribution in [0.3, 0.4) is 0 Å². The van der Waals surface area contributed by atoms with E-state index in [4.69, 9.17) is 5.73 Å². The van der Waals surface area contributed by atoms with Crippen LogP contribution in [0.4, 0.5) is 0 Å². The highest BCUT2D eigenvalue weighted by atomic mass is 32.2. The minimum Gasteiger partial charge on any atom is -0.330 e. The zero-order valence-electron chi connectivity index (χ0n) is 10.2. The van der Waals surface area contributed by atoms with Crippen molar-refractivity contribution in [2.24, 2.45) is 11.1 Å². The lowest BCUT2D eigenvalue weighted by atomic mass is 9.86. The fraction of sp³-hybridized carbons (Fsp3) is 1.00. The second-order valence-electron chi connectivity index (χ2n) is 5.29.